The van der Waals surface area contributed by atoms with E-state index in [0.29, 0.717) is 24.4 Å². The van der Waals surface area contributed by atoms with E-state index < -0.39 is 0 Å². The zero-order chi connectivity index (χ0) is 10.7. The summed E-state index contributed by atoms with van der Waals surface area (Å²) in [5.41, 5.74) is 7.07. The van der Waals surface area contributed by atoms with E-state index in [2.05, 4.69) is 13.8 Å². The van der Waals surface area contributed by atoms with Gasteiger partial charge in [-0.3, -0.25) is 0 Å². The fraction of sp³-hybridized carbons (Fsp3) is 0.455. The second kappa shape index (κ2) is 4.76. The molecule has 0 spiro atoms. The standard InChI is InChI=1S/C11H15ClFN/c1-7(2)9-5-8(3-4-14)11(13)10(12)6-9/h5-7H,3-4,14H2,1-2H3. The summed E-state index contributed by atoms with van der Waals surface area (Å²) in [5, 5.41) is 0.194. The van der Waals surface area contributed by atoms with Crippen molar-refractivity contribution in [2.24, 2.45) is 5.73 Å². The zero-order valence-corrected chi connectivity index (χ0v) is 9.24. The van der Waals surface area contributed by atoms with Gasteiger partial charge in [0, 0.05) is 0 Å². The maximum Gasteiger partial charge on any atom is 0.145 e. The molecule has 0 radical (unpaired) electrons. The van der Waals surface area contributed by atoms with Gasteiger partial charge in [-0.15, -0.1) is 0 Å². The summed E-state index contributed by atoms with van der Waals surface area (Å²) < 4.78 is 13.4. The lowest BCUT2D eigenvalue weighted by atomic mass is 9.99. The Balaban J connectivity index is 3.14. The van der Waals surface area contributed by atoms with Gasteiger partial charge in [-0.2, -0.15) is 0 Å². The van der Waals surface area contributed by atoms with Crippen LogP contribution in [-0.4, -0.2) is 6.54 Å². The normalized spacial score (nSPS) is 11.0. The van der Waals surface area contributed by atoms with Gasteiger partial charge in [-0.1, -0.05) is 31.5 Å². The maximum atomic E-state index is 13.4. The van der Waals surface area contributed by atoms with Gasteiger partial charge in [0.05, 0.1) is 5.02 Å². The van der Waals surface area contributed by atoms with Crippen LogP contribution >= 0.6 is 11.6 Å². The third kappa shape index (κ3) is 2.46. The Hall–Kier alpha value is -0.600. The second-order valence-electron chi connectivity index (χ2n) is 3.67. The molecule has 3 heteroatoms. The molecular formula is C11H15ClFN. The van der Waals surface area contributed by atoms with Crippen LogP contribution in [-0.2, 0) is 6.42 Å². The lowest BCUT2D eigenvalue weighted by molar-refractivity contribution is 0.608. The average Bonchev–Trinajstić information content (AvgIpc) is 2.12. The Bertz CT molecular complexity index is 323. The summed E-state index contributed by atoms with van der Waals surface area (Å²) in [6, 6.07) is 3.53. The average molecular weight is 216 g/mol. The van der Waals surface area contributed by atoms with Crippen LogP contribution in [0.1, 0.15) is 30.9 Å². The summed E-state index contributed by atoms with van der Waals surface area (Å²) in [7, 11) is 0. The molecule has 2 N–H and O–H groups in total. The molecule has 1 aromatic carbocycles. The molecular weight excluding hydrogens is 201 g/mol. The lowest BCUT2D eigenvalue weighted by Crippen LogP contribution is -2.06. The van der Waals surface area contributed by atoms with E-state index in [-0.39, 0.29) is 10.8 Å². The van der Waals surface area contributed by atoms with Crippen LogP contribution in [0.4, 0.5) is 4.39 Å². The molecule has 0 fully saturated rings. The number of hydrogen-bond acceptors (Lipinski definition) is 1. The van der Waals surface area contributed by atoms with E-state index in [1.54, 1.807) is 6.07 Å². The molecule has 1 rings (SSSR count). The smallest absolute Gasteiger partial charge is 0.145 e. The molecule has 0 aliphatic carbocycles. The predicted molar refractivity (Wildman–Crippen MR) is 58.3 cm³/mol. The van der Waals surface area contributed by atoms with Gasteiger partial charge in [-0.25, -0.2) is 4.39 Å². The minimum atomic E-state index is -0.332. The van der Waals surface area contributed by atoms with Crippen molar-refractivity contribution in [1.29, 1.82) is 0 Å². The Morgan fingerprint density at radius 1 is 1.43 bits per heavy atom. The lowest BCUT2D eigenvalue weighted by Gasteiger charge is -2.10. The van der Waals surface area contributed by atoms with Crippen LogP contribution in [0.15, 0.2) is 12.1 Å². The number of halogens is 2. The molecule has 0 saturated heterocycles. The van der Waals surface area contributed by atoms with Gasteiger partial charge in [-0.05, 0) is 36.1 Å². The molecule has 0 aliphatic rings. The first-order valence-corrected chi connectivity index (χ1v) is 5.12. The highest BCUT2D eigenvalue weighted by atomic mass is 35.5. The van der Waals surface area contributed by atoms with Crippen molar-refractivity contribution in [3.8, 4) is 0 Å². The predicted octanol–water partition coefficient (Wildman–Crippen LogP) is 3.10. The molecule has 1 nitrogen and oxygen atoms in total. The van der Waals surface area contributed by atoms with Crippen LogP contribution in [0.3, 0.4) is 0 Å². The van der Waals surface area contributed by atoms with Crippen molar-refractivity contribution < 1.29 is 4.39 Å². The number of nitrogens with two attached hydrogens (primary N) is 1. The van der Waals surface area contributed by atoms with Crippen molar-refractivity contribution in [3.05, 3.63) is 34.1 Å². The van der Waals surface area contributed by atoms with E-state index in [1.165, 1.54) is 0 Å². The second-order valence-corrected chi connectivity index (χ2v) is 4.08. The van der Waals surface area contributed by atoms with Crippen molar-refractivity contribution >= 4 is 11.6 Å². The molecule has 0 amide bonds. The van der Waals surface area contributed by atoms with Gasteiger partial charge in [0.1, 0.15) is 5.82 Å². The molecule has 0 atom stereocenters. The summed E-state index contributed by atoms with van der Waals surface area (Å²) in [5.74, 6) is 0.0196. The molecule has 1 aromatic rings. The monoisotopic (exact) mass is 215 g/mol. The summed E-state index contributed by atoms with van der Waals surface area (Å²) >= 11 is 5.78. The number of hydrogen-bond donors (Lipinski definition) is 1. The van der Waals surface area contributed by atoms with Gasteiger partial charge in [0.15, 0.2) is 0 Å². The quantitative estimate of drug-likeness (QED) is 0.824. The molecule has 14 heavy (non-hydrogen) atoms. The van der Waals surface area contributed by atoms with Crippen LogP contribution in [0.25, 0.3) is 0 Å². The molecule has 0 heterocycles. The van der Waals surface area contributed by atoms with Crippen molar-refractivity contribution in [2.45, 2.75) is 26.2 Å². The van der Waals surface area contributed by atoms with E-state index >= 15 is 0 Å². The topological polar surface area (TPSA) is 26.0 Å². The van der Waals surface area contributed by atoms with Crippen molar-refractivity contribution in [2.75, 3.05) is 6.54 Å². The highest BCUT2D eigenvalue weighted by Crippen LogP contribution is 2.25. The van der Waals surface area contributed by atoms with Crippen LogP contribution in [0.2, 0.25) is 5.02 Å². The summed E-state index contributed by atoms with van der Waals surface area (Å²) in [6.45, 7) is 4.54. The zero-order valence-electron chi connectivity index (χ0n) is 8.48. The first-order chi connectivity index (χ1) is 6.56. The Morgan fingerprint density at radius 2 is 2.07 bits per heavy atom. The first kappa shape index (κ1) is 11.5. The van der Waals surface area contributed by atoms with Crippen LogP contribution in [0.5, 0.6) is 0 Å². The molecule has 0 aliphatic heterocycles. The molecule has 78 valence electrons. The Labute approximate surface area is 89.1 Å². The third-order valence-corrected chi connectivity index (χ3v) is 2.48. The van der Waals surface area contributed by atoms with E-state index in [4.69, 9.17) is 17.3 Å². The van der Waals surface area contributed by atoms with Crippen molar-refractivity contribution in [1.82, 2.24) is 0 Å². The minimum absolute atomic E-state index is 0.194. The molecule has 0 unspecified atom stereocenters. The van der Waals surface area contributed by atoms with E-state index in [0.717, 1.165) is 5.56 Å². The van der Waals surface area contributed by atoms with Gasteiger partial charge in [0.25, 0.3) is 0 Å². The van der Waals surface area contributed by atoms with Gasteiger partial charge >= 0.3 is 0 Å². The Kier molecular flexibility index (Phi) is 3.90. The highest BCUT2D eigenvalue weighted by molar-refractivity contribution is 6.30. The molecule has 0 bridgehead atoms. The van der Waals surface area contributed by atoms with Crippen molar-refractivity contribution in [3.63, 3.8) is 0 Å². The Morgan fingerprint density at radius 3 is 2.57 bits per heavy atom. The summed E-state index contributed by atoms with van der Waals surface area (Å²) in [4.78, 5) is 0. The van der Waals surface area contributed by atoms with E-state index in [9.17, 15) is 4.39 Å². The van der Waals surface area contributed by atoms with Crippen LogP contribution in [0, 0.1) is 5.82 Å². The van der Waals surface area contributed by atoms with E-state index in [1.807, 2.05) is 6.07 Å². The number of benzene rings is 1. The minimum Gasteiger partial charge on any atom is -0.330 e. The van der Waals surface area contributed by atoms with Gasteiger partial charge < -0.3 is 5.73 Å². The SMILES string of the molecule is CC(C)c1cc(Cl)c(F)c(CCN)c1. The van der Waals surface area contributed by atoms with Gasteiger partial charge in [0.2, 0.25) is 0 Å². The van der Waals surface area contributed by atoms with Crippen LogP contribution < -0.4 is 5.73 Å². The highest BCUT2D eigenvalue weighted by Gasteiger charge is 2.10. The fourth-order valence-electron chi connectivity index (χ4n) is 1.34. The third-order valence-electron chi connectivity index (χ3n) is 2.21. The fourth-order valence-corrected chi connectivity index (χ4v) is 1.59. The maximum absolute atomic E-state index is 13.4. The molecule has 0 aromatic heterocycles. The largest absolute Gasteiger partial charge is 0.330 e. The first-order valence-electron chi connectivity index (χ1n) is 4.74. The number of rotatable bonds is 3. The molecule has 0 saturated carbocycles. The summed E-state index contributed by atoms with van der Waals surface area (Å²) in [6.07, 6.45) is 0.534.